The minimum absolute atomic E-state index is 0.0460. The van der Waals surface area contributed by atoms with Crippen LogP contribution in [0.2, 0.25) is 0 Å². The molecule has 18 heavy (non-hydrogen) atoms. The van der Waals surface area contributed by atoms with Gasteiger partial charge in [-0.25, -0.2) is 0 Å². The van der Waals surface area contributed by atoms with Gasteiger partial charge in [0.1, 0.15) is 0 Å². The molecular formula is C15H24N2O. The average molecular weight is 248 g/mol. The van der Waals surface area contributed by atoms with Crippen LogP contribution in [0.15, 0.2) is 30.3 Å². The predicted octanol–water partition coefficient (Wildman–Crippen LogP) is 2.42. The van der Waals surface area contributed by atoms with Crippen molar-refractivity contribution in [1.82, 2.24) is 5.32 Å². The summed E-state index contributed by atoms with van der Waals surface area (Å²) in [6.07, 6.45) is 1.32. The zero-order valence-corrected chi connectivity index (χ0v) is 11.6. The van der Waals surface area contributed by atoms with Gasteiger partial charge in [0.15, 0.2) is 0 Å². The third-order valence-electron chi connectivity index (χ3n) is 3.65. The van der Waals surface area contributed by atoms with Gasteiger partial charge >= 0.3 is 0 Å². The Bertz CT molecular complexity index is 371. The zero-order chi connectivity index (χ0) is 13.6. The highest BCUT2D eigenvalue weighted by Gasteiger charge is 2.29. The van der Waals surface area contributed by atoms with Gasteiger partial charge in [-0.3, -0.25) is 4.79 Å². The second-order valence-corrected chi connectivity index (χ2v) is 4.89. The summed E-state index contributed by atoms with van der Waals surface area (Å²) in [7, 11) is 0. The molecule has 3 nitrogen and oxygen atoms in total. The Balaban J connectivity index is 2.53. The minimum Gasteiger partial charge on any atom is -0.354 e. The van der Waals surface area contributed by atoms with E-state index in [0.717, 1.165) is 0 Å². The standard InChI is InChI=1S/C15H24N2O/c1-4-15(16,5-2)14(18)17-11-12(3)13-9-7-6-8-10-13/h6-10,12H,4-5,11,16H2,1-3H3,(H,17,18). The smallest absolute Gasteiger partial charge is 0.240 e. The van der Waals surface area contributed by atoms with Crippen molar-refractivity contribution in [3.8, 4) is 0 Å². The van der Waals surface area contributed by atoms with Crippen LogP contribution in [0.4, 0.5) is 0 Å². The SMILES string of the molecule is CCC(N)(CC)C(=O)NCC(C)c1ccccc1. The molecule has 0 aromatic heterocycles. The van der Waals surface area contributed by atoms with Crippen molar-refractivity contribution in [3.05, 3.63) is 35.9 Å². The Labute approximate surface area is 110 Å². The summed E-state index contributed by atoms with van der Waals surface area (Å²) in [6, 6.07) is 10.2. The van der Waals surface area contributed by atoms with Crippen molar-refractivity contribution in [2.75, 3.05) is 6.54 Å². The number of amides is 1. The van der Waals surface area contributed by atoms with Gasteiger partial charge in [0.05, 0.1) is 5.54 Å². The summed E-state index contributed by atoms with van der Waals surface area (Å²) in [5, 5.41) is 2.96. The molecule has 1 rings (SSSR count). The monoisotopic (exact) mass is 248 g/mol. The van der Waals surface area contributed by atoms with Gasteiger partial charge in [0, 0.05) is 6.54 Å². The summed E-state index contributed by atoms with van der Waals surface area (Å²) in [5.74, 6) is 0.253. The fraction of sp³-hybridized carbons (Fsp3) is 0.533. The Kier molecular flexibility index (Phi) is 5.35. The highest BCUT2D eigenvalue weighted by Crippen LogP contribution is 2.15. The van der Waals surface area contributed by atoms with Crippen molar-refractivity contribution < 1.29 is 4.79 Å². The molecule has 3 N–H and O–H groups in total. The first-order valence-corrected chi connectivity index (χ1v) is 6.65. The number of rotatable bonds is 6. The second-order valence-electron chi connectivity index (χ2n) is 4.89. The van der Waals surface area contributed by atoms with Gasteiger partial charge in [-0.1, -0.05) is 51.1 Å². The molecule has 0 saturated carbocycles. The van der Waals surface area contributed by atoms with E-state index in [-0.39, 0.29) is 5.91 Å². The lowest BCUT2D eigenvalue weighted by Crippen LogP contribution is -2.53. The number of hydrogen-bond donors (Lipinski definition) is 2. The molecule has 0 bridgehead atoms. The average Bonchev–Trinajstić information content (AvgIpc) is 2.44. The van der Waals surface area contributed by atoms with E-state index in [1.165, 1.54) is 5.56 Å². The second kappa shape index (κ2) is 6.55. The number of carbonyl (C=O) groups is 1. The van der Waals surface area contributed by atoms with E-state index in [1.807, 2.05) is 32.0 Å². The highest BCUT2D eigenvalue weighted by molar-refractivity contribution is 5.85. The third-order valence-corrected chi connectivity index (χ3v) is 3.65. The van der Waals surface area contributed by atoms with Gasteiger partial charge in [-0.05, 0) is 24.3 Å². The lowest BCUT2D eigenvalue weighted by atomic mass is 9.92. The minimum atomic E-state index is -0.726. The maximum absolute atomic E-state index is 12.0. The molecular weight excluding hydrogens is 224 g/mol. The van der Waals surface area contributed by atoms with E-state index in [4.69, 9.17) is 5.73 Å². The molecule has 1 unspecified atom stereocenters. The highest BCUT2D eigenvalue weighted by atomic mass is 16.2. The molecule has 0 saturated heterocycles. The summed E-state index contributed by atoms with van der Waals surface area (Å²) >= 11 is 0. The van der Waals surface area contributed by atoms with E-state index >= 15 is 0 Å². The number of benzene rings is 1. The first kappa shape index (κ1) is 14.7. The van der Waals surface area contributed by atoms with Gasteiger partial charge < -0.3 is 11.1 Å². The van der Waals surface area contributed by atoms with Gasteiger partial charge in [-0.15, -0.1) is 0 Å². The maximum atomic E-state index is 12.0. The van der Waals surface area contributed by atoms with Gasteiger partial charge in [-0.2, -0.15) is 0 Å². The molecule has 0 heterocycles. The topological polar surface area (TPSA) is 55.1 Å². The van der Waals surface area contributed by atoms with Crippen LogP contribution in [0, 0.1) is 0 Å². The third kappa shape index (κ3) is 3.57. The van der Waals surface area contributed by atoms with Crippen molar-refractivity contribution in [2.24, 2.45) is 5.73 Å². The summed E-state index contributed by atoms with van der Waals surface area (Å²) in [6.45, 7) is 6.63. The Hall–Kier alpha value is -1.35. The van der Waals surface area contributed by atoms with E-state index in [1.54, 1.807) is 0 Å². The van der Waals surface area contributed by atoms with Gasteiger partial charge in [0.2, 0.25) is 5.91 Å². The van der Waals surface area contributed by atoms with Crippen LogP contribution >= 0.6 is 0 Å². The Morgan fingerprint density at radius 1 is 1.28 bits per heavy atom. The van der Waals surface area contributed by atoms with Crippen LogP contribution in [0.5, 0.6) is 0 Å². The molecule has 1 amide bonds. The van der Waals surface area contributed by atoms with Crippen LogP contribution in [-0.4, -0.2) is 18.0 Å². The fourth-order valence-electron chi connectivity index (χ4n) is 1.89. The molecule has 0 aliphatic carbocycles. The molecule has 0 aliphatic heterocycles. The maximum Gasteiger partial charge on any atom is 0.240 e. The number of nitrogens with one attached hydrogen (secondary N) is 1. The molecule has 100 valence electrons. The van der Waals surface area contributed by atoms with E-state index in [9.17, 15) is 4.79 Å². The Morgan fingerprint density at radius 3 is 2.33 bits per heavy atom. The summed E-state index contributed by atoms with van der Waals surface area (Å²) in [4.78, 5) is 12.0. The molecule has 0 aliphatic rings. The van der Waals surface area contributed by atoms with E-state index in [2.05, 4.69) is 24.4 Å². The molecule has 1 aromatic carbocycles. The lowest BCUT2D eigenvalue weighted by molar-refractivity contribution is -0.126. The number of hydrogen-bond acceptors (Lipinski definition) is 2. The van der Waals surface area contributed by atoms with Crippen molar-refractivity contribution in [1.29, 1.82) is 0 Å². The van der Waals surface area contributed by atoms with E-state index < -0.39 is 5.54 Å². The molecule has 0 radical (unpaired) electrons. The number of carbonyl (C=O) groups excluding carboxylic acids is 1. The van der Waals surface area contributed by atoms with Crippen molar-refractivity contribution >= 4 is 5.91 Å². The number of nitrogens with two attached hydrogens (primary N) is 1. The van der Waals surface area contributed by atoms with Crippen LogP contribution in [-0.2, 0) is 4.79 Å². The van der Waals surface area contributed by atoms with Crippen LogP contribution in [0.1, 0.15) is 45.1 Å². The largest absolute Gasteiger partial charge is 0.354 e. The quantitative estimate of drug-likeness (QED) is 0.812. The summed E-state index contributed by atoms with van der Waals surface area (Å²) < 4.78 is 0. The first-order chi connectivity index (χ1) is 8.53. The Morgan fingerprint density at radius 2 is 1.83 bits per heavy atom. The van der Waals surface area contributed by atoms with E-state index in [0.29, 0.717) is 25.3 Å². The van der Waals surface area contributed by atoms with Crippen molar-refractivity contribution in [3.63, 3.8) is 0 Å². The fourth-order valence-corrected chi connectivity index (χ4v) is 1.89. The predicted molar refractivity (Wildman–Crippen MR) is 75.4 cm³/mol. The zero-order valence-electron chi connectivity index (χ0n) is 11.6. The van der Waals surface area contributed by atoms with Crippen LogP contribution < -0.4 is 11.1 Å². The van der Waals surface area contributed by atoms with Crippen molar-refractivity contribution in [2.45, 2.75) is 45.1 Å². The normalized spacial score (nSPS) is 13.1. The molecule has 0 spiro atoms. The molecule has 1 aromatic rings. The molecule has 1 atom stereocenters. The van der Waals surface area contributed by atoms with Crippen LogP contribution in [0.25, 0.3) is 0 Å². The summed E-state index contributed by atoms with van der Waals surface area (Å²) in [5.41, 5.74) is 6.56. The molecule has 0 fully saturated rings. The molecule has 3 heteroatoms. The lowest BCUT2D eigenvalue weighted by Gasteiger charge is -2.26. The van der Waals surface area contributed by atoms with Gasteiger partial charge in [0.25, 0.3) is 0 Å². The van der Waals surface area contributed by atoms with Crippen LogP contribution in [0.3, 0.4) is 0 Å². The first-order valence-electron chi connectivity index (χ1n) is 6.65.